The van der Waals surface area contributed by atoms with Gasteiger partial charge in [-0.15, -0.1) is 0 Å². The molecule has 1 aromatic carbocycles. The number of aryl methyl sites for hydroxylation is 1. The Morgan fingerprint density at radius 1 is 1.33 bits per heavy atom. The lowest BCUT2D eigenvalue weighted by atomic mass is 9.89. The Kier molecular flexibility index (Phi) is 3.76. The maximum atomic E-state index is 12.7. The number of benzene rings is 1. The molecule has 1 amide bonds. The highest BCUT2D eigenvalue weighted by Crippen LogP contribution is 2.24. The highest BCUT2D eigenvalue weighted by Gasteiger charge is 2.29. The maximum Gasteiger partial charge on any atom is 0.224 e. The van der Waals surface area contributed by atoms with E-state index in [2.05, 4.69) is 37.6 Å². The summed E-state index contributed by atoms with van der Waals surface area (Å²) in [7, 11) is 0. The molecular formula is C17H20N6O. The van der Waals surface area contributed by atoms with E-state index < -0.39 is 0 Å². The summed E-state index contributed by atoms with van der Waals surface area (Å²) in [6, 6.07) is 7.79. The number of aromatic amines is 2. The lowest BCUT2D eigenvalue weighted by Gasteiger charge is -2.22. The molecule has 0 saturated carbocycles. The van der Waals surface area contributed by atoms with Crippen LogP contribution in [0.15, 0.2) is 24.3 Å². The number of nitrogens with zero attached hydrogens (tertiary/aromatic N) is 3. The molecule has 0 fully saturated rings. The Morgan fingerprint density at radius 3 is 3.00 bits per heavy atom. The van der Waals surface area contributed by atoms with Gasteiger partial charge in [-0.05, 0) is 31.4 Å². The first-order valence-corrected chi connectivity index (χ1v) is 8.38. The average molecular weight is 324 g/mol. The minimum atomic E-state index is -0.108. The first-order valence-electron chi connectivity index (χ1n) is 8.38. The molecule has 0 spiro atoms. The van der Waals surface area contributed by atoms with Crippen molar-refractivity contribution < 1.29 is 4.79 Å². The number of aromatic nitrogens is 5. The fraction of sp³-hybridized carbons (Fsp3) is 0.412. The number of carbonyl (C=O) groups excluding carboxylic acids is 1. The van der Waals surface area contributed by atoms with Crippen LogP contribution in [0, 0.1) is 5.92 Å². The molecule has 2 heterocycles. The van der Waals surface area contributed by atoms with E-state index in [1.54, 1.807) is 0 Å². The number of para-hydroxylation sites is 2. The van der Waals surface area contributed by atoms with Crippen LogP contribution in [0.3, 0.4) is 0 Å². The normalized spacial score (nSPS) is 18.3. The van der Waals surface area contributed by atoms with Gasteiger partial charge in [0.1, 0.15) is 5.82 Å². The SMILES string of the molecule is CCC(NC(=O)C1CCc2n[nH]nc2C1)c1nc2ccccc2[nH]1. The van der Waals surface area contributed by atoms with Crippen molar-refractivity contribution in [3.8, 4) is 0 Å². The van der Waals surface area contributed by atoms with Crippen LogP contribution in [0.4, 0.5) is 0 Å². The molecule has 1 aliphatic carbocycles. The van der Waals surface area contributed by atoms with Crippen LogP contribution in [-0.2, 0) is 17.6 Å². The Bertz CT molecular complexity index is 834. The Balaban J connectivity index is 1.49. The van der Waals surface area contributed by atoms with Gasteiger partial charge in [0.05, 0.1) is 28.5 Å². The molecule has 2 unspecified atom stereocenters. The van der Waals surface area contributed by atoms with Crippen LogP contribution in [0.1, 0.15) is 43.0 Å². The number of imidazole rings is 1. The van der Waals surface area contributed by atoms with Crippen molar-refractivity contribution >= 4 is 16.9 Å². The number of rotatable bonds is 4. The summed E-state index contributed by atoms with van der Waals surface area (Å²) >= 11 is 0. The second kappa shape index (κ2) is 6.07. The minimum Gasteiger partial charge on any atom is -0.346 e. The van der Waals surface area contributed by atoms with Gasteiger partial charge in [-0.1, -0.05) is 19.1 Å². The quantitative estimate of drug-likeness (QED) is 0.684. The molecule has 7 heteroatoms. The van der Waals surface area contributed by atoms with Crippen LogP contribution in [0.2, 0.25) is 0 Å². The van der Waals surface area contributed by atoms with Crippen molar-refractivity contribution in [1.29, 1.82) is 0 Å². The van der Waals surface area contributed by atoms with Gasteiger partial charge >= 0.3 is 0 Å². The van der Waals surface area contributed by atoms with Gasteiger partial charge in [-0.2, -0.15) is 15.4 Å². The Hall–Kier alpha value is -2.70. The highest BCUT2D eigenvalue weighted by atomic mass is 16.2. The van der Waals surface area contributed by atoms with E-state index in [1.165, 1.54) is 0 Å². The molecule has 3 N–H and O–H groups in total. The van der Waals surface area contributed by atoms with Crippen molar-refractivity contribution in [3.05, 3.63) is 41.5 Å². The van der Waals surface area contributed by atoms with Crippen molar-refractivity contribution in [3.63, 3.8) is 0 Å². The minimum absolute atomic E-state index is 0.0546. The van der Waals surface area contributed by atoms with Gasteiger partial charge in [0.2, 0.25) is 5.91 Å². The second-order valence-corrected chi connectivity index (χ2v) is 6.27. The fourth-order valence-corrected chi connectivity index (χ4v) is 3.30. The van der Waals surface area contributed by atoms with Gasteiger partial charge in [0.15, 0.2) is 0 Å². The van der Waals surface area contributed by atoms with Gasteiger partial charge in [-0.25, -0.2) is 4.98 Å². The highest BCUT2D eigenvalue weighted by molar-refractivity contribution is 5.80. The summed E-state index contributed by atoms with van der Waals surface area (Å²) in [6.07, 6.45) is 3.04. The predicted molar refractivity (Wildman–Crippen MR) is 89.2 cm³/mol. The van der Waals surface area contributed by atoms with Gasteiger partial charge in [0.25, 0.3) is 0 Å². The number of amides is 1. The summed E-state index contributed by atoms with van der Waals surface area (Å²) in [5.74, 6) is 0.821. The van der Waals surface area contributed by atoms with E-state index in [-0.39, 0.29) is 17.9 Å². The molecule has 0 aliphatic heterocycles. The molecule has 4 rings (SSSR count). The summed E-state index contributed by atoms with van der Waals surface area (Å²) in [5, 5.41) is 14.0. The molecular weight excluding hydrogens is 304 g/mol. The van der Waals surface area contributed by atoms with Crippen molar-refractivity contribution in [1.82, 2.24) is 30.7 Å². The van der Waals surface area contributed by atoms with Crippen LogP contribution in [0.25, 0.3) is 11.0 Å². The van der Waals surface area contributed by atoms with E-state index in [0.717, 1.165) is 47.5 Å². The van der Waals surface area contributed by atoms with E-state index in [1.807, 2.05) is 24.3 Å². The van der Waals surface area contributed by atoms with Gasteiger partial charge in [-0.3, -0.25) is 4.79 Å². The number of nitrogens with one attached hydrogen (secondary N) is 3. The zero-order valence-electron chi connectivity index (χ0n) is 13.5. The zero-order valence-corrected chi connectivity index (χ0v) is 13.5. The summed E-state index contributed by atoms with van der Waals surface area (Å²) in [5.41, 5.74) is 3.82. The molecule has 0 bridgehead atoms. The Labute approximate surface area is 139 Å². The van der Waals surface area contributed by atoms with E-state index in [0.29, 0.717) is 6.42 Å². The van der Waals surface area contributed by atoms with Crippen molar-refractivity contribution in [2.24, 2.45) is 5.92 Å². The number of hydrogen-bond donors (Lipinski definition) is 3. The number of H-pyrrole nitrogens is 2. The molecule has 0 radical (unpaired) electrons. The maximum absolute atomic E-state index is 12.7. The Morgan fingerprint density at radius 2 is 2.17 bits per heavy atom. The summed E-state index contributed by atoms with van der Waals surface area (Å²) < 4.78 is 0. The van der Waals surface area contributed by atoms with E-state index >= 15 is 0 Å². The zero-order chi connectivity index (χ0) is 16.5. The smallest absolute Gasteiger partial charge is 0.224 e. The number of hydrogen-bond acceptors (Lipinski definition) is 4. The molecule has 0 saturated heterocycles. The largest absolute Gasteiger partial charge is 0.346 e. The third-order valence-electron chi connectivity index (χ3n) is 4.71. The van der Waals surface area contributed by atoms with Crippen LogP contribution in [0.5, 0.6) is 0 Å². The van der Waals surface area contributed by atoms with E-state index in [4.69, 9.17) is 0 Å². The van der Waals surface area contributed by atoms with Crippen molar-refractivity contribution in [2.45, 2.75) is 38.6 Å². The average Bonchev–Trinajstić information content (AvgIpc) is 3.24. The first kappa shape index (κ1) is 14.9. The standard InChI is InChI=1S/C17H20N6O/c1-2-11(16-18-12-5-3-4-6-13(12)19-16)20-17(24)10-7-8-14-15(9-10)22-23-21-14/h3-6,10-11H,2,7-9H2,1H3,(H,18,19)(H,20,24)(H,21,22,23). The van der Waals surface area contributed by atoms with Crippen LogP contribution < -0.4 is 5.32 Å². The third kappa shape index (κ3) is 2.66. The van der Waals surface area contributed by atoms with Crippen LogP contribution >= 0.6 is 0 Å². The summed E-state index contributed by atoms with van der Waals surface area (Å²) in [6.45, 7) is 2.05. The molecule has 2 atom stereocenters. The molecule has 3 aromatic rings. The monoisotopic (exact) mass is 324 g/mol. The summed E-state index contributed by atoms with van der Waals surface area (Å²) in [4.78, 5) is 20.6. The van der Waals surface area contributed by atoms with Gasteiger partial charge in [0, 0.05) is 12.3 Å². The van der Waals surface area contributed by atoms with E-state index in [9.17, 15) is 4.79 Å². The molecule has 1 aliphatic rings. The molecule has 2 aromatic heterocycles. The fourth-order valence-electron chi connectivity index (χ4n) is 3.30. The number of fused-ring (bicyclic) bond motifs is 2. The molecule has 7 nitrogen and oxygen atoms in total. The molecule has 124 valence electrons. The lowest BCUT2D eigenvalue weighted by Crippen LogP contribution is -2.36. The van der Waals surface area contributed by atoms with Gasteiger partial charge < -0.3 is 10.3 Å². The van der Waals surface area contributed by atoms with Crippen LogP contribution in [-0.4, -0.2) is 31.3 Å². The first-order chi connectivity index (χ1) is 11.7. The lowest BCUT2D eigenvalue weighted by molar-refractivity contribution is -0.126. The number of carbonyl (C=O) groups is 1. The topological polar surface area (TPSA) is 99.3 Å². The molecule has 24 heavy (non-hydrogen) atoms. The predicted octanol–water partition coefficient (Wildman–Crippen LogP) is 2.05. The van der Waals surface area contributed by atoms with Crippen molar-refractivity contribution in [2.75, 3.05) is 0 Å². The third-order valence-corrected chi connectivity index (χ3v) is 4.71. The second-order valence-electron chi connectivity index (χ2n) is 6.27.